The van der Waals surface area contributed by atoms with Crippen molar-refractivity contribution >= 4 is 5.91 Å². The predicted octanol–water partition coefficient (Wildman–Crippen LogP) is 0.960. The number of carbonyl (C=O) groups is 1. The summed E-state index contributed by atoms with van der Waals surface area (Å²) in [6, 6.07) is 7.20. The highest BCUT2D eigenvalue weighted by Gasteiger charge is 2.24. The number of aromatic nitrogens is 4. The summed E-state index contributed by atoms with van der Waals surface area (Å²) >= 11 is 0. The Labute approximate surface area is 122 Å². The second-order valence-electron chi connectivity index (χ2n) is 5.09. The van der Waals surface area contributed by atoms with E-state index in [-0.39, 0.29) is 18.1 Å². The van der Waals surface area contributed by atoms with E-state index in [1.54, 1.807) is 6.07 Å². The molecule has 7 nitrogen and oxygen atoms in total. The number of rotatable bonds is 4. The van der Waals surface area contributed by atoms with E-state index in [0.29, 0.717) is 11.3 Å². The van der Waals surface area contributed by atoms with Gasteiger partial charge in [0.2, 0.25) is 0 Å². The van der Waals surface area contributed by atoms with E-state index in [2.05, 4.69) is 20.8 Å². The summed E-state index contributed by atoms with van der Waals surface area (Å²) in [5.74, 6) is -0.149. The van der Waals surface area contributed by atoms with E-state index in [1.807, 2.05) is 25.1 Å². The Morgan fingerprint density at radius 2 is 2.33 bits per heavy atom. The van der Waals surface area contributed by atoms with Crippen LogP contribution in [0, 0.1) is 0 Å². The molecule has 0 spiro atoms. The molecule has 0 saturated carbocycles. The maximum Gasteiger partial charge on any atom is 0.253 e. The first kappa shape index (κ1) is 13.7. The molecule has 1 N–H and O–H groups in total. The highest BCUT2D eigenvalue weighted by molar-refractivity contribution is 5.97. The molecule has 1 aliphatic rings. The second-order valence-corrected chi connectivity index (χ2v) is 5.09. The van der Waals surface area contributed by atoms with Gasteiger partial charge in [0.25, 0.3) is 5.91 Å². The van der Waals surface area contributed by atoms with Crippen LogP contribution >= 0.6 is 0 Å². The van der Waals surface area contributed by atoms with Crippen LogP contribution in [0.4, 0.5) is 0 Å². The number of carbonyl (C=O) groups excluding carboxylic acids is 1. The molecule has 110 valence electrons. The quantitative estimate of drug-likeness (QED) is 0.905. The second kappa shape index (κ2) is 6.01. The highest BCUT2D eigenvalue weighted by atomic mass is 16.5. The Balaban J connectivity index is 1.78. The molecule has 1 saturated heterocycles. The number of tetrazole rings is 1. The summed E-state index contributed by atoms with van der Waals surface area (Å²) in [7, 11) is 0. The number of para-hydroxylation sites is 1. The Hall–Kier alpha value is -2.28. The number of hydrogen-bond donors (Lipinski definition) is 1. The smallest absolute Gasteiger partial charge is 0.253 e. The zero-order chi connectivity index (χ0) is 14.7. The van der Waals surface area contributed by atoms with Gasteiger partial charge in [0.15, 0.2) is 0 Å². The van der Waals surface area contributed by atoms with Crippen LogP contribution in [-0.4, -0.2) is 44.9 Å². The van der Waals surface area contributed by atoms with Crippen LogP contribution in [0.5, 0.6) is 0 Å². The molecule has 2 aromatic rings. The van der Waals surface area contributed by atoms with Gasteiger partial charge >= 0.3 is 0 Å². The van der Waals surface area contributed by atoms with Crippen molar-refractivity contribution in [2.45, 2.75) is 31.9 Å². The summed E-state index contributed by atoms with van der Waals surface area (Å²) in [6.07, 6.45) is 3.59. The van der Waals surface area contributed by atoms with Gasteiger partial charge in [-0.15, -0.1) is 5.10 Å². The third kappa shape index (κ3) is 2.92. The molecular weight excluding hydrogens is 270 g/mol. The van der Waals surface area contributed by atoms with Gasteiger partial charge in [-0.25, -0.2) is 0 Å². The minimum Gasteiger partial charge on any atom is -0.376 e. The summed E-state index contributed by atoms with van der Waals surface area (Å²) < 4.78 is 7.08. The minimum atomic E-state index is -0.149. The fraction of sp³-hybridized carbons (Fsp3) is 0.429. The van der Waals surface area contributed by atoms with E-state index in [0.717, 1.165) is 19.4 Å². The molecular formula is C14H17N5O2. The Kier molecular flexibility index (Phi) is 3.92. The van der Waals surface area contributed by atoms with Crippen molar-refractivity contribution in [2.75, 3.05) is 6.61 Å². The molecule has 1 aromatic carbocycles. The third-order valence-corrected chi connectivity index (χ3v) is 3.63. The van der Waals surface area contributed by atoms with Gasteiger partial charge in [0.05, 0.1) is 23.4 Å². The first-order valence-corrected chi connectivity index (χ1v) is 7.00. The van der Waals surface area contributed by atoms with Crippen LogP contribution in [-0.2, 0) is 4.74 Å². The Morgan fingerprint density at radius 1 is 1.48 bits per heavy atom. The lowest BCUT2D eigenvalue weighted by Gasteiger charge is -2.20. The number of amides is 1. The number of ether oxygens (including phenoxy) is 1. The average molecular weight is 287 g/mol. The molecule has 3 rings (SSSR count). The van der Waals surface area contributed by atoms with Crippen LogP contribution in [0.25, 0.3) is 5.69 Å². The highest BCUT2D eigenvalue weighted by Crippen LogP contribution is 2.17. The van der Waals surface area contributed by atoms with E-state index in [1.165, 1.54) is 11.0 Å². The van der Waals surface area contributed by atoms with Crippen molar-refractivity contribution < 1.29 is 9.53 Å². The first-order chi connectivity index (χ1) is 10.3. The van der Waals surface area contributed by atoms with Gasteiger partial charge in [-0.05, 0) is 42.3 Å². The van der Waals surface area contributed by atoms with Crippen LogP contribution in [0.3, 0.4) is 0 Å². The largest absolute Gasteiger partial charge is 0.376 e. The molecule has 2 atom stereocenters. The normalized spacial score (nSPS) is 19.4. The average Bonchev–Trinajstić information content (AvgIpc) is 3.20. The van der Waals surface area contributed by atoms with Crippen molar-refractivity contribution in [3.63, 3.8) is 0 Å². The van der Waals surface area contributed by atoms with E-state index in [9.17, 15) is 4.79 Å². The molecule has 1 aromatic heterocycles. The first-order valence-electron chi connectivity index (χ1n) is 7.00. The molecule has 2 heterocycles. The number of benzene rings is 1. The molecule has 1 aliphatic heterocycles. The molecule has 0 unspecified atom stereocenters. The summed E-state index contributed by atoms with van der Waals surface area (Å²) in [5.41, 5.74) is 1.19. The van der Waals surface area contributed by atoms with Crippen molar-refractivity contribution in [1.29, 1.82) is 0 Å². The van der Waals surface area contributed by atoms with Crippen LogP contribution in [0.1, 0.15) is 30.1 Å². The molecule has 21 heavy (non-hydrogen) atoms. The maximum absolute atomic E-state index is 12.5. The lowest BCUT2D eigenvalue weighted by atomic mass is 10.1. The molecule has 0 radical (unpaired) electrons. The molecule has 0 aliphatic carbocycles. The van der Waals surface area contributed by atoms with Gasteiger partial charge in [-0.1, -0.05) is 12.1 Å². The van der Waals surface area contributed by atoms with Crippen molar-refractivity contribution in [3.8, 4) is 5.69 Å². The van der Waals surface area contributed by atoms with Crippen LogP contribution in [0.15, 0.2) is 30.6 Å². The van der Waals surface area contributed by atoms with Crippen molar-refractivity contribution in [3.05, 3.63) is 36.2 Å². The van der Waals surface area contributed by atoms with E-state index in [4.69, 9.17) is 4.74 Å². The van der Waals surface area contributed by atoms with E-state index < -0.39 is 0 Å². The predicted molar refractivity (Wildman–Crippen MR) is 75.1 cm³/mol. The molecule has 1 amide bonds. The lowest BCUT2D eigenvalue weighted by molar-refractivity contribution is 0.0712. The molecule has 1 fully saturated rings. The molecule has 0 bridgehead atoms. The zero-order valence-electron chi connectivity index (χ0n) is 11.8. The van der Waals surface area contributed by atoms with E-state index >= 15 is 0 Å². The Morgan fingerprint density at radius 3 is 3.05 bits per heavy atom. The topological polar surface area (TPSA) is 81.9 Å². The third-order valence-electron chi connectivity index (χ3n) is 3.63. The maximum atomic E-state index is 12.5. The SMILES string of the molecule is C[C@H](NC(=O)c1ccccc1-n1cnnn1)[C@H]1CCCO1. The number of nitrogens with one attached hydrogen (secondary N) is 1. The van der Waals surface area contributed by atoms with Gasteiger partial charge in [0.1, 0.15) is 6.33 Å². The van der Waals surface area contributed by atoms with Gasteiger partial charge in [0, 0.05) is 6.61 Å². The standard InChI is InChI=1S/C14H17N5O2/c1-10(13-7-4-8-21-13)16-14(20)11-5-2-3-6-12(11)19-9-15-17-18-19/h2-3,5-6,9-10,13H,4,7-8H2,1H3,(H,16,20)/t10-,13+/m0/s1. The lowest BCUT2D eigenvalue weighted by Crippen LogP contribution is -2.41. The minimum absolute atomic E-state index is 0.0260. The fourth-order valence-electron chi connectivity index (χ4n) is 2.51. The summed E-state index contributed by atoms with van der Waals surface area (Å²) in [6.45, 7) is 2.74. The summed E-state index contributed by atoms with van der Waals surface area (Å²) in [5, 5.41) is 14.0. The Bertz CT molecular complexity index is 608. The van der Waals surface area contributed by atoms with Crippen molar-refractivity contribution in [1.82, 2.24) is 25.5 Å². The van der Waals surface area contributed by atoms with Crippen LogP contribution < -0.4 is 5.32 Å². The summed E-state index contributed by atoms with van der Waals surface area (Å²) in [4.78, 5) is 12.5. The van der Waals surface area contributed by atoms with Crippen LogP contribution in [0.2, 0.25) is 0 Å². The fourth-order valence-corrected chi connectivity index (χ4v) is 2.51. The number of nitrogens with zero attached hydrogens (tertiary/aromatic N) is 4. The van der Waals surface area contributed by atoms with Gasteiger partial charge in [-0.2, -0.15) is 4.68 Å². The van der Waals surface area contributed by atoms with Gasteiger partial charge < -0.3 is 10.1 Å². The zero-order valence-corrected chi connectivity index (χ0v) is 11.8. The molecule has 7 heteroatoms. The number of hydrogen-bond acceptors (Lipinski definition) is 5. The van der Waals surface area contributed by atoms with Crippen molar-refractivity contribution in [2.24, 2.45) is 0 Å². The van der Waals surface area contributed by atoms with Gasteiger partial charge in [-0.3, -0.25) is 4.79 Å². The monoisotopic (exact) mass is 287 g/mol.